The summed E-state index contributed by atoms with van der Waals surface area (Å²) < 4.78 is 24.0. The van der Waals surface area contributed by atoms with Crippen LogP contribution in [0.1, 0.15) is 20.8 Å². The molecule has 3 rings (SSSR count). The number of nitrogens with zero attached hydrogens (tertiary/aromatic N) is 1. The van der Waals surface area contributed by atoms with E-state index in [9.17, 15) is 9.18 Å². The maximum Gasteiger partial charge on any atom is 0.407 e. The number of rotatable bonds is 6. The number of nitrogens with one attached hydrogen (secondary N) is 1. The van der Waals surface area contributed by atoms with E-state index in [-0.39, 0.29) is 13.2 Å². The molecule has 1 N–H and O–H groups in total. The topological polar surface area (TPSA) is 60.5 Å². The molecule has 0 spiro atoms. The summed E-state index contributed by atoms with van der Waals surface area (Å²) in [6.07, 6.45) is -0.167. The van der Waals surface area contributed by atoms with Crippen molar-refractivity contribution in [2.45, 2.75) is 26.4 Å². The summed E-state index contributed by atoms with van der Waals surface area (Å²) in [4.78, 5) is 16.4. The van der Waals surface area contributed by atoms with Crippen LogP contribution in [0.3, 0.4) is 0 Å². The fourth-order valence-corrected chi connectivity index (χ4v) is 2.76. The van der Waals surface area contributed by atoms with Crippen molar-refractivity contribution in [2.24, 2.45) is 0 Å². The van der Waals surface area contributed by atoms with Crippen molar-refractivity contribution in [1.82, 2.24) is 10.3 Å². The summed E-state index contributed by atoms with van der Waals surface area (Å²) in [6.45, 7) is 5.30. The van der Waals surface area contributed by atoms with Gasteiger partial charge in [-0.05, 0) is 45.0 Å². The molecule has 1 aromatic heterocycles. The van der Waals surface area contributed by atoms with Crippen molar-refractivity contribution >= 4 is 17.0 Å². The molecule has 0 aliphatic heterocycles. The maximum absolute atomic E-state index is 13.2. The number of amides is 1. The third-order valence-electron chi connectivity index (χ3n) is 4.17. The Morgan fingerprint density at radius 1 is 1.10 bits per heavy atom. The summed E-state index contributed by atoms with van der Waals surface area (Å²) in [5.74, 6) is 0.591. The fourth-order valence-electron chi connectivity index (χ4n) is 2.76. The zero-order chi connectivity index (χ0) is 21.6. The van der Waals surface area contributed by atoms with Crippen molar-refractivity contribution in [3.63, 3.8) is 0 Å². The van der Waals surface area contributed by atoms with Crippen LogP contribution in [0.4, 0.5) is 9.18 Å². The second kappa shape index (κ2) is 9.39. The van der Waals surface area contributed by atoms with Gasteiger partial charge in [0.1, 0.15) is 18.0 Å². The number of alkyl carbamates (subject to hydrolysis) is 1. The number of carbonyl (C=O) groups excluding carboxylic acids is 1. The van der Waals surface area contributed by atoms with Crippen molar-refractivity contribution < 1.29 is 18.7 Å². The van der Waals surface area contributed by atoms with Crippen LogP contribution in [0.25, 0.3) is 22.2 Å². The molecule has 0 aliphatic rings. The van der Waals surface area contributed by atoms with Gasteiger partial charge >= 0.3 is 6.09 Å². The molecule has 0 saturated carbocycles. The van der Waals surface area contributed by atoms with Crippen molar-refractivity contribution in [3.8, 4) is 17.0 Å². The van der Waals surface area contributed by atoms with Crippen LogP contribution < -0.4 is 10.1 Å². The first kappa shape index (κ1) is 21.3. The Balaban J connectivity index is 1.61. The third kappa shape index (κ3) is 6.04. The lowest BCUT2D eigenvalue weighted by Gasteiger charge is -2.20. The SMILES string of the molecule is CC(C)(C)OC(=O)NCC(=CF)COc1ccc2nc(-c3ccccc3)ccc2c1. The molecule has 156 valence electrons. The van der Waals surface area contributed by atoms with Crippen molar-refractivity contribution in [3.05, 3.63) is 72.6 Å². The second-order valence-corrected chi connectivity index (χ2v) is 7.83. The van der Waals surface area contributed by atoms with Gasteiger partial charge in [0, 0.05) is 23.1 Å². The summed E-state index contributed by atoms with van der Waals surface area (Å²) in [6, 6.07) is 19.4. The molecule has 1 heterocycles. The summed E-state index contributed by atoms with van der Waals surface area (Å²) in [7, 11) is 0. The molecule has 0 bridgehead atoms. The molecule has 1 amide bonds. The van der Waals surface area contributed by atoms with E-state index in [2.05, 4.69) is 10.3 Å². The van der Waals surface area contributed by atoms with Gasteiger partial charge in [0.15, 0.2) is 0 Å². The number of carbonyl (C=O) groups is 1. The summed E-state index contributed by atoms with van der Waals surface area (Å²) in [5, 5.41) is 3.44. The lowest BCUT2D eigenvalue weighted by Crippen LogP contribution is -2.34. The minimum Gasteiger partial charge on any atom is -0.489 e. The molecule has 0 aliphatic carbocycles. The van der Waals surface area contributed by atoms with Crippen LogP contribution in [-0.2, 0) is 4.74 Å². The Labute approximate surface area is 175 Å². The van der Waals surface area contributed by atoms with Gasteiger partial charge in [-0.1, -0.05) is 36.4 Å². The Kier molecular flexibility index (Phi) is 6.67. The number of pyridine rings is 1. The van der Waals surface area contributed by atoms with Crippen LogP contribution in [0.15, 0.2) is 72.6 Å². The number of benzene rings is 2. The molecular formula is C24H25FN2O3. The van der Waals surface area contributed by atoms with Gasteiger partial charge in [-0.2, -0.15) is 0 Å². The van der Waals surface area contributed by atoms with Gasteiger partial charge in [-0.15, -0.1) is 0 Å². The average molecular weight is 408 g/mol. The smallest absolute Gasteiger partial charge is 0.407 e. The quantitative estimate of drug-likeness (QED) is 0.572. The largest absolute Gasteiger partial charge is 0.489 e. The van der Waals surface area contributed by atoms with E-state index in [4.69, 9.17) is 9.47 Å². The molecule has 0 saturated heterocycles. The molecule has 6 heteroatoms. The fraction of sp³-hybridized carbons (Fsp3) is 0.250. The minimum absolute atomic E-state index is 0.000978. The summed E-state index contributed by atoms with van der Waals surface area (Å²) in [5.41, 5.74) is 2.47. The zero-order valence-corrected chi connectivity index (χ0v) is 17.3. The van der Waals surface area contributed by atoms with E-state index < -0.39 is 11.7 Å². The highest BCUT2D eigenvalue weighted by atomic mass is 19.1. The monoisotopic (exact) mass is 408 g/mol. The molecular weight excluding hydrogens is 383 g/mol. The Hall–Kier alpha value is -3.41. The molecule has 0 radical (unpaired) electrons. The van der Waals surface area contributed by atoms with Crippen LogP contribution >= 0.6 is 0 Å². The highest BCUT2D eigenvalue weighted by Gasteiger charge is 2.16. The van der Waals surface area contributed by atoms with Crippen LogP contribution in [0.2, 0.25) is 0 Å². The van der Waals surface area contributed by atoms with Crippen molar-refractivity contribution in [2.75, 3.05) is 13.2 Å². The van der Waals surface area contributed by atoms with E-state index >= 15 is 0 Å². The first-order valence-electron chi connectivity index (χ1n) is 9.68. The van der Waals surface area contributed by atoms with E-state index in [1.807, 2.05) is 54.6 Å². The van der Waals surface area contributed by atoms with Gasteiger partial charge in [-0.3, -0.25) is 0 Å². The van der Waals surface area contributed by atoms with Gasteiger partial charge in [0.2, 0.25) is 0 Å². The average Bonchev–Trinajstić information content (AvgIpc) is 2.72. The predicted octanol–water partition coefficient (Wildman–Crippen LogP) is 5.66. The number of fused-ring (bicyclic) bond motifs is 1. The number of ether oxygens (including phenoxy) is 2. The van der Waals surface area contributed by atoms with E-state index in [1.165, 1.54) is 0 Å². The Morgan fingerprint density at radius 2 is 1.87 bits per heavy atom. The van der Waals surface area contributed by atoms with Gasteiger partial charge in [-0.25, -0.2) is 14.2 Å². The molecule has 0 unspecified atom stereocenters. The highest BCUT2D eigenvalue weighted by molar-refractivity contribution is 5.82. The molecule has 3 aromatic rings. The normalized spacial score (nSPS) is 11.9. The van der Waals surface area contributed by atoms with Gasteiger partial charge < -0.3 is 14.8 Å². The first-order valence-corrected chi connectivity index (χ1v) is 9.68. The Bertz CT molecular complexity index is 1040. The molecule has 2 aromatic carbocycles. The van der Waals surface area contributed by atoms with Crippen molar-refractivity contribution in [1.29, 1.82) is 0 Å². The minimum atomic E-state index is -0.611. The lowest BCUT2D eigenvalue weighted by atomic mass is 10.1. The summed E-state index contributed by atoms with van der Waals surface area (Å²) >= 11 is 0. The second-order valence-electron chi connectivity index (χ2n) is 7.83. The number of aromatic nitrogens is 1. The van der Waals surface area contributed by atoms with Crippen LogP contribution in [0, 0.1) is 0 Å². The molecule has 0 atom stereocenters. The highest BCUT2D eigenvalue weighted by Crippen LogP contribution is 2.24. The molecule has 0 fully saturated rings. The number of hydrogen-bond donors (Lipinski definition) is 1. The molecule has 5 nitrogen and oxygen atoms in total. The Morgan fingerprint density at radius 3 is 2.57 bits per heavy atom. The zero-order valence-electron chi connectivity index (χ0n) is 17.3. The van der Waals surface area contributed by atoms with Gasteiger partial charge in [0.05, 0.1) is 17.5 Å². The first-order chi connectivity index (χ1) is 14.3. The maximum atomic E-state index is 13.2. The van der Waals surface area contributed by atoms with E-state index in [0.29, 0.717) is 17.7 Å². The van der Waals surface area contributed by atoms with Gasteiger partial charge in [0.25, 0.3) is 0 Å². The standard InChI is InChI=1S/C24H25FN2O3/c1-24(2,3)30-23(28)26-15-17(14-25)16-29-20-10-12-22-19(13-20)9-11-21(27-22)18-7-5-4-6-8-18/h4-14H,15-16H2,1-3H3,(H,26,28). The predicted molar refractivity (Wildman–Crippen MR) is 116 cm³/mol. The van der Waals surface area contributed by atoms with Crippen LogP contribution in [0.5, 0.6) is 5.75 Å². The molecule has 30 heavy (non-hydrogen) atoms. The number of halogens is 1. The van der Waals surface area contributed by atoms with Crippen LogP contribution in [-0.4, -0.2) is 29.8 Å². The third-order valence-corrected chi connectivity index (χ3v) is 4.17. The number of hydrogen-bond acceptors (Lipinski definition) is 4. The van der Waals surface area contributed by atoms with E-state index in [0.717, 1.165) is 22.2 Å². The lowest BCUT2D eigenvalue weighted by molar-refractivity contribution is 0.0531. The van der Waals surface area contributed by atoms with E-state index in [1.54, 1.807) is 26.8 Å².